The van der Waals surface area contributed by atoms with Crippen molar-refractivity contribution < 1.29 is 73.2 Å². The van der Waals surface area contributed by atoms with Crippen LogP contribution in [0.4, 0.5) is 9.59 Å². The maximum atomic E-state index is 12.5. The third-order valence-electron chi connectivity index (χ3n) is 7.08. The van der Waals surface area contributed by atoms with E-state index in [1.807, 2.05) is 27.7 Å². The van der Waals surface area contributed by atoms with Gasteiger partial charge in [0, 0.05) is 19.6 Å². The zero-order chi connectivity index (χ0) is 38.7. The number of esters is 2. The van der Waals surface area contributed by atoms with Crippen LogP contribution in [0.5, 0.6) is 0 Å². The monoisotopic (exact) mass is 838 g/mol. The SMILES string of the molecule is CCOC(=O)C1=C(CC)CCN(C(=O)OC(C)(C)C)C1.CCOC(=O)C1CN(C(=O)OC(C)(C)C)CCC1COP(=O)(OCC)OCC.[Br-].[CH2-]C.[Mg+2]. The van der Waals surface area contributed by atoms with Crippen LogP contribution in [0.1, 0.15) is 102 Å². The summed E-state index contributed by atoms with van der Waals surface area (Å²) in [6.45, 7) is 27.1. The summed E-state index contributed by atoms with van der Waals surface area (Å²) in [5.74, 6) is -1.64. The molecule has 2 rings (SSSR count). The first-order chi connectivity index (χ1) is 23.3. The standard InChI is InChI=1S/C18H34NO8P.C15H25NO4.C2H5.BrH.Mg/c1-7-23-16(20)15-12-19(17(21)27-18(4,5)6)11-10-14(15)13-26-28(22,24-8-2)25-9-3;1-6-11-8-9-16(14(18)20-15(3,4)5)10-12(11)13(17)19-7-2;1-2;;/h14-15H,7-13H2,1-6H3;6-10H2,1-5H3;1H2,2H3;1H;/q;;-1;;+2/p-1. The zero-order valence-corrected chi connectivity index (χ0v) is 37.6. The summed E-state index contributed by atoms with van der Waals surface area (Å²) >= 11 is 0. The second-order valence-corrected chi connectivity index (χ2v) is 14.9. The molecule has 0 aliphatic carbocycles. The van der Waals surface area contributed by atoms with Gasteiger partial charge in [0.05, 0.1) is 51.1 Å². The van der Waals surface area contributed by atoms with Gasteiger partial charge in [-0.1, -0.05) is 12.5 Å². The fourth-order valence-corrected chi connectivity index (χ4v) is 6.16. The minimum absolute atomic E-state index is 0. The van der Waals surface area contributed by atoms with Gasteiger partial charge in [0.1, 0.15) is 11.2 Å². The smallest absolute Gasteiger partial charge is 1.00 e. The third kappa shape index (κ3) is 20.9. The number of piperidine rings is 1. The molecule has 2 aliphatic rings. The quantitative estimate of drug-likeness (QED) is 0.0918. The minimum atomic E-state index is -3.68. The summed E-state index contributed by atoms with van der Waals surface area (Å²) < 4.78 is 49.2. The van der Waals surface area contributed by atoms with Crippen molar-refractivity contribution in [3.8, 4) is 0 Å². The van der Waals surface area contributed by atoms with Gasteiger partial charge in [-0.25, -0.2) is 18.9 Å². The molecular weight excluding hydrogens is 776 g/mol. The summed E-state index contributed by atoms with van der Waals surface area (Å²) in [5, 5.41) is 0. The van der Waals surface area contributed by atoms with Crippen molar-refractivity contribution in [3.63, 3.8) is 0 Å². The molecule has 17 heteroatoms. The summed E-state index contributed by atoms with van der Waals surface area (Å²) in [7, 11) is -3.68. The van der Waals surface area contributed by atoms with Crippen molar-refractivity contribution in [2.45, 2.75) is 114 Å². The number of carbonyl (C=O) groups excluding carboxylic acids is 4. The van der Waals surface area contributed by atoms with E-state index in [4.69, 9.17) is 32.5 Å². The number of phosphoric acid groups is 1. The number of hydrogen-bond acceptors (Lipinski definition) is 12. The van der Waals surface area contributed by atoms with E-state index in [0.29, 0.717) is 38.1 Å². The summed E-state index contributed by atoms with van der Waals surface area (Å²) in [5.41, 5.74) is 0.517. The van der Waals surface area contributed by atoms with Crippen molar-refractivity contribution in [2.24, 2.45) is 11.8 Å². The van der Waals surface area contributed by atoms with Crippen LogP contribution in [0.2, 0.25) is 0 Å². The molecule has 0 radical (unpaired) electrons. The van der Waals surface area contributed by atoms with E-state index in [1.165, 1.54) is 4.90 Å². The molecule has 0 bridgehead atoms. The first kappa shape index (κ1) is 54.9. The molecule has 2 amide bonds. The van der Waals surface area contributed by atoms with Crippen molar-refractivity contribution in [1.82, 2.24) is 9.80 Å². The number of amides is 2. The Hall–Kier alpha value is -1.42. The largest absolute Gasteiger partial charge is 2.00 e. The van der Waals surface area contributed by atoms with E-state index in [0.717, 1.165) is 12.0 Å². The third-order valence-corrected chi connectivity index (χ3v) is 8.69. The average molecular weight is 840 g/mol. The maximum Gasteiger partial charge on any atom is 2.00 e. The van der Waals surface area contributed by atoms with Crippen LogP contribution in [-0.2, 0) is 46.7 Å². The Balaban J connectivity index is -0.000000888. The predicted molar refractivity (Wildman–Crippen MR) is 196 cm³/mol. The maximum absolute atomic E-state index is 12.5. The van der Waals surface area contributed by atoms with E-state index in [9.17, 15) is 23.7 Å². The molecule has 1 saturated heterocycles. The number of ether oxygens (including phenoxy) is 4. The van der Waals surface area contributed by atoms with Crippen LogP contribution in [0.25, 0.3) is 0 Å². The molecule has 0 spiro atoms. The van der Waals surface area contributed by atoms with Gasteiger partial charge in [-0.05, 0) is 94.4 Å². The molecule has 52 heavy (non-hydrogen) atoms. The van der Waals surface area contributed by atoms with Gasteiger partial charge in [-0.2, -0.15) is 6.92 Å². The fraction of sp³-hybridized carbons (Fsp3) is 0.800. The molecule has 2 atom stereocenters. The fourth-order valence-electron chi connectivity index (χ4n) is 4.93. The number of rotatable bonds is 12. The van der Waals surface area contributed by atoms with Crippen LogP contribution < -0.4 is 17.0 Å². The van der Waals surface area contributed by atoms with E-state index < -0.39 is 37.0 Å². The van der Waals surface area contributed by atoms with Crippen molar-refractivity contribution in [3.05, 3.63) is 18.1 Å². The summed E-state index contributed by atoms with van der Waals surface area (Å²) in [6.07, 6.45) is 1.12. The molecule has 1 fully saturated rings. The first-order valence-electron chi connectivity index (χ1n) is 17.6. The average Bonchev–Trinajstić information content (AvgIpc) is 3.03. The molecule has 2 aliphatic heterocycles. The molecule has 0 aromatic carbocycles. The predicted octanol–water partition coefficient (Wildman–Crippen LogP) is 3.98. The molecule has 0 aromatic heterocycles. The Kier molecular flexibility index (Phi) is 28.7. The van der Waals surface area contributed by atoms with Crippen LogP contribution in [0, 0.1) is 18.8 Å². The Bertz CT molecular complexity index is 1150. The number of nitrogens with zero attached hydrogens (tertiary/aromatic N) is 2. The summed E-state index contributed by atoms with van der Waals surface area (Å²) in [4.78, 5) is 51.9. The van der Waals surface area contributed by atoms with Gasteiger partial charge in [0.25, 0.3) is 0 Å². The Morgan fingerprint density at radius 1 is 0.769 bits per heavy atom. The van der Waals surface area contributed by atoms with Gasteiger partial charge in [-0.3, -0.25) is 18.4 Å². The normalized spacial score (nSPS) is 17.5. The minimum Gasteiger partial charge on any atom is -1.00 e. The van der Waals surface area contributed by atoms with Gasteiger partial charge in [0.15, 0.2) is 0 Å². The van der Waals surface area contributed by atoms with E-state index in [-0.39, 0.29) is 97.5 Å². The molecular formula is C35H64BrMgN2O12P. The Morgan fingerprint density at radius 2 is 1.27 bits per heavy atom. The van der Waals surface area contributed by atoms with Gasteiger partial charge in [-0.15, -0.1) is 0 Å². The van der Waals surface area contributed by atoms with Crippen LogP contribution >= 0.6 is 7.82 Å². The van der Waals surface area contributed by atoms with E-state index >= 15 is 0 Å². The molecule has 0 N–H and O–H groups in total. The van der Waals surface area contributed by atoms with Crippen molar-refractivity contribution in [1.29, 1.82) is 0 Å². The molecule has 0 aromatic rings. The second kappa shape index (κ2) is 27.2. The van der Waals surface area contributed by atoms with Crippen LogP contribution in [-0.4, -0.2) is 127 Å². The van der Waals surface area contributed by atoms with Crippen molar-refractivity contribution in [2.75, 3.05) is 59.2 Å². The molecule has 14 nitrogen and oxygen atoms in total. The molecule has 2 heterocycles. The van der Waals surface area contributed by atoms with Crippen molar-refractivity contribution >= 4 is 55.0 Å². The molecule has 0 saturated carbocycles. The van der Waals surface area contributed by atoms with E-state index in [2.05, 4.69) is 6.92 Å². The van der Waals surface area contributed by atoms with Gasteiger partial charge in [0.2, 0.25) is 0 Å². The molecule has 300 valence electrons. The number of carbonyl (C=O) groups is 4. The topological polar surface area (TPSA) is 156 Å². The second-order valence-electron chi connectivity index (χ2n) is 13.2. The molecule has 2 unspecified atom stereocenters. The summed E-state index contributed by atoms with van der Waals surface area (Å²) in [6, 6.07) is 0. The van der Waals surface area contributed by atoms with E-state index in [1.54, 1.807) is 60.3 Å². The Labute approximate surface area is 339 Å². The van der Waals surface area contributed by atoms with Crippen LogP contribution in [0.15, 0.2) is 11.1 Å². The number of halogens is 1. The first-order valence-corrected chi connectivity index (χ1v) is 19.0. The van der Waals surface area contributed by atoms with Gasteiger partial charge < -0.3 is 52.7 Å². The zero-order valence-electron chi connectivity index (χ0n) is 33.7. The Morgan fingerprint density at radius 3 is 1.71 bits per heavy atom. The number of hydrogen-bond donors (Lipinski definition) is 0. The number of likely N-dealkylation sites (tertiary alicyclic amines) is 1. The van der Waals surface area contributed by atoms with Gasteiger partial charge >= 0.3 is 55.0 Å². The van der Waals surface area contributed by atoms with Crippen LogP contribution in [0.3, 0.4) is 0 Å². The number of phosphoric ester groups is 1.